The Labute approximate surface area is 247 Å². The molecule has 3 aliphatic rings. The molecule has 0 spiro atoms. The Kier molecular flexibility index (Phi) is 9.86. The topological polar surface area (TPSA) is 105 Å². The third-order valence-electron chi connectivity index (χ3n) is 9.20. The molecular formula is C34H41NO7. The van der Waals surface area contributed by atoms with Crippen LogP contribution >= 0.6 is 0 Å². The van der Waals surface area contributed by atoms with Crippen molar-refractivity contribution in [3.8, 4) is 11.5 Å². The van der Waals surface area contributed by atoms with E-state index in [1.54, 1.807) is 12.2 Å². The maximum absolute atomic E-state index is 12.6. The summed E-state index contributed by atoms with van der Waals surface area (Å²) in [5.41, 5.74) is 2.93. The Morgan fingerprint density at radius 2 is 1.69 bits per heavy atom. The van der Waals surface area contributed by atoms with E-state index in [0.717, 1.165) is 38.5 Å². The molecule has 3 aliphatic carbocycles. The van der Waals surface area contributed by atoms with Gasteiger partial charge in [0.05, 0.1) is 10.5 Å². The van der Waals surface area contributed by atoms with Gasteiger partial charge in [0, 0.05) is 17.5 Å². The summed E-state index contributed by atoms with van der Waals surface area (Å²) in [6.07, 6.45) is 10.0. The molecule has 8 heteroatoms. The van der Waals surface area contributed by atoms with Crippen molar-refractivity contribution in [3.63, 3.8) is 0 Å². The summed E-state index contributed by atoms with van der Waals surface area (Å²) in [6, 6.07) is 11.5. The summed E-state index contributed by atoms with van der Waals surface area (Å²) < 4.78 is 16.9. The van der Waals surface area contributed by atoms with E-state index >= 15 is 0 Å². The van der Waals surface area contributed by atoms with E-state index in [9.17, 15) is 19.7 Å². The quantitative estimate of drug-likeness (QED) is 0.0647. The lowest BCUT2D eigenvalue weighted by Crippen LogP contribution is -2.45. The lowest BCUT2D eigenvalue weighted by molar-refractivity contribution is -0.384. The number of rotatable bonds is 6. The van der Waals surface area contributed by atoms with Gasteiger partial charge in [-0.1, -0.05) is 45.1 Å². The van der Waals surface area contributed by atoms with Crippen molar-refractivity contribution in [1.29, 1.82) is 0 Å². The van der Waals surface area contributed by atoms with Crippen LogP contribution in [0.25, 0.3) is 0 Å². The van der Waals surface area contributed by atoms with Gasteiger partial charge in [-0.2, -0.15) is 0 Å². The smallest absolute Gasteiger partial charge is 0.430 e. The number of benzene rings is 2. The molecule has 2 aromatic carbocycles. The van der Waals surface area contributed by atoms with E-state index in [2.05, 4.69) is 13.0 Å². The van der Waals surface area contributed by atoms with Crippen LogP contribution in [0.15, 0.2) is 66.3 Å². The van der Waals surface area contributed by atoms with E-state index < -0.39 is 11.1 Å². The number of ether oxygens (including phenoxy) is 3. The molecule has 0 amide bonds. The van der Waals surface area contributed by atoms with Gasteiger partial charge < -0.3 is 14.2 Å². The maximum Gasteiger partial charge on any atom is 0.514 e. The number of carbonyl (C=O) groups excluding carboxylic acids is 2. The van der Waals surface area contributed by atoms with E-state index in [0.29, 0.717) is 29.1 Å². The first kappa shape index (κ1) is 31.0. The Morgan fingerprint density at radius 3 is 2.36 bits per heavy atom. The van der Waals surface area contributed by atoms with Crippen LogP contribution in [0.4, 0.5) is 10.5 Å². The number of carbonyl (C=O) groups is 2. The highest BCUT2D eigenvalue weighted by atomic mass is 16.7. The fourth-order valence-electron chi connectivity index (χ4n) is 7.27. The van der Waals surface area contributed by atoms with E-state index in [1.165, 1.54) is 35.4 Å². The van der Waals surface area contributed by atoms with Crippen LogP contribution in [-0.2, 0) is 16.0 Å². The number of nitrogens with zero attached hydrogens (tertiary/aromatic N) is 1. The highest BCUT2D eigenvalue weighted by Crippen LogP contribution is 2.61. The molecular weight excluding hydrogens is 534 g/mol. The summed E-state index contributed by atoms with van der Waals surface area (Å²) in [7, 11) is 0. The van der Waals surface area contributed by atoms with Crippen LogP contribution in [0.5, 0.6) is 11.5 Å². The molecule has 0 radical (unpaired) electrons. The molecule has 0 saturated heterocycles. The lowest BCUT2D eigenvalue weighted by Gasteiger charge is -2.50. The number of aryl methyl sites for hydroxylation is 1. The van der Waals surface area contributed by atoms with Crippen LogP contribution in [0.3, 0.4) is 0 Å². The van der Waals surface area contributed by atoms with Crippen LogP contribution < -0.4 is 9.47 Å². The number of allylic oxidation sites excluding steroid dienone is 2. The zero-order valence-electron chi connectivity index (χ0n) is 25.1. The molecule has 5 unspecified atom stereocenters. The summed E-state index contributed by atoms with van der Waals surface area (Å²) in [5.74, 6) is 1.82. The van der Waals surface area contributed by atoms with Gasteiger partial charge in [0.1, 0.15) is 17.6 Å². The van der Waals surface area contributed by atoms with Gasteiger partial charge in [0.2, 0.25) is 0 Å². The Hall–Kier alpha value is -3.94. The number of esters is 1. The monoisotopic (exact) mass is 575 g/mol. The van der Waals surface area contributed by atoms with Gasteiger partial charge in [-0.15, -0.1) is 0 Å². The van der Waals surface area contributed by atoms with Crippen molar-refractivity contribution in [2.24, 2.45) is 17.3 Å². The zero-order chi connectivity index (χ0) is 30.4. The Balaban J connectivity index is 0.00000198. The summed E-state index contributed by atoms with van der Waals surface area (Å²) in [4.78, 5) is 35.5. The van der Waals surface area contributed by atoms with Crippen LogP contribution in [0.1, 0.15) is 83.8 Å². The third kappa shape index (κ3) is 6.27. The molecule has 5 rings (SSSR count). The molecule has 0 aliphatic heterocycles. The van der Waals surface area contributed by atoms with E-state index in [4.69, 9.17) is 14.2 Å². The van der Waals surface area contributed by atoms with Crippen LogP contribution in [0, 0.1) is 27.4 Å². The summed E-state index contributed by atoms with van der Waals surface area (Å²) >= 11 is 0. The van der Waals surface area contributed by atoms with Crippen molar-refractivity contribution in [2.75, 3.05) is 0 Å². The van der Waals surface area contributed by atoms with Crippen LogP contribution in [0.2, 0.25) is 0 Å². The van der Waals surface area contributed by atoms with Crippen molar-refractivity contribution in [1.82, 2.24) is 0 Å². The van der Waals surface area contributed by atoms with Crippen molar-refractivity contribution in [2.45, 2.75) is 85.2 Å². The average molecular weight is 576 g/mol. The largest absolute Gasteiger partial charge is 0.514 e. The van der Waals surface area contributed by atoms with Crippen LogP contribution in [-0.4, -0.2) is 23.2 Å². The molecule has 42 heavy (non-hydrogen) atoms. The number of hydrogen-bond acceptors (Lipinski definition) is 7. The number of nitro groups is 1. The van der Waals surface area contributed by atoms with E-state index in [-0.39, 0.29) is 28.9 Å². The normalized spacial score (nSPS) is 26.2. The fourth-order valence-corrected chi connectivity index (χ4v) is 7.27. The number of fused-ring (bicyclic) bond motifs is 5. The van der Waals surface area contributed by atoms with Crippen molar-refractivity contribution >= 4 is 17.8 Å². The first-order valence-electron chi connectivity index (χ1n) is 15.0. The van der Waals surface area contributed by atoms with Gasteiger partial charge in [-0.3, -0.25) is 10.1 Å². The van der Waals surface area contributed by atoms with Gasteiger partial charge in [0.25, 0.3) is 5.69 Å². The van der Waals surface area contributed by atoms with Gasteiger partial charge in [0.15, 0.2) is 0 Å². The molecule has 2 fully saturated rings. The molecule has 0 N–H and O–H groups in total. The standard InChI is InChI=1S/C32H35NO7.C2H6/c1-4-6-20(5-2)30(34)38-24-12-14-25-21(19-24)7-13-27-26(25)17-18-32(3)28(27)15-16-29(32)40-31(35)39-23-10-8-22(9-11-23)33(36)37;1-2/h4-6,8-12,14,19,26-29H,7,13,15-18H2,1-3H3;1-2H3/b6-4-,20-5+;. The van der Waals surface area contributed by atoms with E-state index in [1.807, 2.05) is 45.9 Å². The SMILES string of the molecule is C/C=C\C(=C/C)C(=O)Oc1ccc2c(c1)CCC1C2CCC2(C)C(OC(=O)Oc3ccc([N+](=O)[O-])cc3)CCC12.CC. The number of non-ortho nitro benzene ring substituents is 1. The predicted molar refractivity (Wildman–Crippen MR) is 161 cm³/mol. The highest BCUT2D eigenvalue weighted by Gasteiger charge is 2.56. The van der Waals surface area contributed by atoms with Gasteiger partial charge >= 0.3 is 12.1 Å². The molecule has 2 saturated carbocycles. The predicted octanol–water partition coefficient (Wildman–Crippen LogP) is 8.49. The second-order valence-corrected chi connectivity index (χ2v) is 11.2. The van der Waals surface area contributed by atoms with Gasteiger partial charge in [-0.25, -0.2) is 9.59 Å². The van der Waals surface area contributed by atoms with Crippen molar-refractivity contribution in [3.05, 3.63) is 87.5 Å². The third-order valence-corrected chi connectivity index (χ3v) is 9.20. The highest BCUT2D eigenvalue weighted by molar-refractivity contribution is 5.93. The van der Waals surface area contributed by atoms with Crippen molar-refractivity contribution < 1.29 is 28.7 Å². The summed E-state index contributed by atoms with van der Waals surface area (Å²) in [6.45, 7) is 9.93. The molecule has 2 aromatic rings. The first-order valence-corrected chi connectivity index (χ1v) is 15.0. The van der Waals surface area contributed by atoms with Gasteiger partial charge in [-0.05, 0) is 106 Å². The maximum atomic E-state index is 12.6. The zero-order valence-corrected chi connectivity index (χ0v) is 25.1. The Bertz CT molecular complexity index is 1360. The number of hydrogen-bond donors (Lipinski definition) is 0. The first-order chi connectivity index (χ1) is 20.2. The molecule has 0 bridgehead atoms. The molecule has 0 aromatic heterocycles. The molecule has 224 valence electrons. The fraction of sp³-hybridized carbons (Fsp3) is 0.471. The second kappa shape index (κ2) is 13.4. The minimum atomic E-state index is -0.769. The minimum Gasteiger partial charge on any atom is -0.430 e. The Morgan fingerprint density at radius 1 is 0.976 bits per heavy atom. The molecule has 5 atom stereocenters. The average Bonchev–Trinajstić information content (AvgIpc) is 3.32. The second-order valence-electron chi connectivity index (χ2n) is 11.2. The minimum absolute atomic E-state index is 0.0675. The molecule has 0 heterocycles. The lowest BCUT2D eigenvalue weighted by atomic mass is 9.55. The summed E-state index contributed by atoms with van der Waals surface area (Å²) in [5, 5.41) is 10.9. The number of nitro benzene ring substituents is 1. The molecule has 8 nitrogen and oxygen atoms in total.